The molecule has 0 aliphatic rings. The topological polar surface area (TPSA) is 238 Å². The molecule has 2 amide bonds. The van der Waals surface area contributed by atoms with E-state index in [2.05, 4.69) is 121 Å². The minimum atomic E-state index is -0.451. The van der Waals surface area contributed by atoms with E-state index >= 15 is 0 Å². The zero-order valence-electron chi connectivity index (χ0n) is 54.6. The van der Waals surface area contributed by atoms with E-state index < -0.39 is 5.24 Å². The van der Waals surface area contributed by atoms with Crippen molar-refractivity contribution in [1.29, 1.82) is 0 Å². The number of rotatable bonds is 16. The monoisotopic (exact) mass is 1600 g/mol. The Balaban J connectivity index is 0.000000214. The Morgan fingerprint density at radius 1 is 0.446 bits per heavy atom. The third-order valence-corrected chi connectivity index (χ3v) is 14.5. The standard InChI is InChI=1S/C26H23N3O2.C24H19N3O3.C18H17N3.C8H7ClO2.CH2Cl2.CH4.BBr3/c1-18-8-10-20(11-9-18)24-17-27-25(23(28-24)16-19-6-4-3-5-7-19)29-26(30)21-12-14-22(31-2)15-13-21;28-19-10-6-17(7-11-19)22-15-25-23(21(26-22)14-16-4-2-1-3-5-16)27-24(30)18-8-12-20(29)13-9-18;1-13-7-9-15(10-8-13)17-12-20-18(19)16(21-17)11-14-5-3-2-4-6-14;1-11-7-4-2-6(3-5-7)8(9)10;2-1-3;;2-1(3)4/h3-15,17H,16H2,1-2H3,(H,27,29,30);1-13,15,28-29H,14H2,(H,25,27,30);2-10,12H,11H2,1H3,(H2,19,20);2-5H,1H3;1H2;1H4;. The molecule has 0 unspecified atom stereocenters. The van der Waals surface area contributed by atoms with Gasteiger partial charge in [0.25, 0.3) is 17.1 Å². The van der Waals surface area contributed by atoms with Crippen molar-refractivity contribution in [2.75, 3.05) is 35.9 Å². The van der Waals surface area contributed by atoms with Crippen molar-refractivity contribution in [1.82, 2.24) is 29.9 Å². The molecule has 0 radical (unpaired) electrons. The van der Waals surface area contributed by atoms with E-state index in [1.807, 2.05) is 110 Å². The van der Waals surface area contributed by atoms with Crippen molar-refractivity contribution in [2.24, 2.45) is 0 Å². The van der Waals surface area contributed by atoms with Gasteiger partial charge in [-0.25, -0.2) is 29.9 Å². The largest absolute Gasteiger partial charge is 0.508 e. The number of benzene rings is 9. The number of halogens is 6. The molecule has 12 rings (SSSR count). The summed E-state index contributed by atoms with van der Waals surface area (Å²) in [5.41, 5.74) is 20.4. The Morgan fingerprint density at radius 3 is 1.07 bits per heavy atom. The van der Waals surface area contributed by atoms with Gasteiger partial charge in [0.1, 0.15) is 28.8 Å². The van der Waals surface area contributed by atoms with Crippen LogP contribution in [-0.4, -0.2) is 79.9 Å². The van der Waals surface area contributed by atoms with Gasteiger partial charge in [0.05, 0.1) is 72.3 Å². The fourth-order valence-electron chi connectivity index (χ4n) is 9.18. The number of phenolic OH excluding ortho intramolecular Hbond substituents is 2. The predicted octanol–water partition coefficient (Wildman–Crippen LogP) is 19.6. The minimum Gasteiger partial charge on any atom is -0.508 e. The zero-order valence-corrected chi connectivity index (χ0v) is 61.6. The molecule has 0 spiro atoms. The van der Waals surface area contributed by atoms with Crippen LogP contribution in [0.4, 0.5) is 17.5 Å². The van der Waals surface area contributed by atoms with Gasteiger partial charge in [0.15, 0.2) is 11.6 Å². The Hall–Kier alpha value is -9.80. The number of phenols is 2. The minimum absolute atomic E-state index is 0. The van der Waals surface area contributed by atoms with Gasteiger partial charge in [-0.05, 0) is 139 Å². The number of methoxy groups -OCH3 is 2. The number of aromatic hydroxyl groups is 2. The fourth-order valence-corrected chi connectivity index (χ4v) is 9.31. The van der Waals surface area contributed by atoms with Gasteiger partial charge >= 0.3 is 3.18 Å². The third-order valence-electron chi connectivity index (χ3n) is 14.3. The molecule has 23 heteroatoms. The number of hydrogen-bond acceptors (Lipinski definition) is 14. The van der Waals surface area contributed by atoms with E-state index in [-0.39, 0.29) is 39.3 Å². The Morgan fingerprint density at radius 2 is 0.733 bits per heavy atom. The van der Waals surface area contributed by atoms with E-state index in [0.717, 1.165) is 44.9 Å². The third kappa shape index (κ3) is 27.0. The first-order valence-electron chi connectivity index (χ1n) is 30.6. The molecule has 12 aromatic rings. The molecule has 0 aliphatic carbocycles. The van der Waals surface area contributed by atoms with Crippen LogP contribution < -0.4 is 25.8 Å². The molecule has 0 bridgehead atoms. The summed E-state index contributed by atoms with van der Waals surface area (Å²) in [6.45, 7) is 4.12. The van der Waals surface area contributed by atoms with Gasteiger partial charge in [-0.15, -0.1) is 70.5 Å². The van der Waals surface area contributed by atoms with Crippen LogP contribution in [0, 0.1) is 13.8 Å². The maximum absolute atomic E-state index is 12.8. The van der Waals surface area contributed by atoms with Crippen molar-refractivity contribution in [3.05, 3.63) is 317 Å². The van der Waals surface area contributed by atoms with Crippen LogP contribution in [0.1, 0.15) is 83.4 Å². The van der Waals surface area contributed by atoms with Crippen LogP contribution in [0.5, 0.6) is 23.0 Å². The summed E-state index contributed by atoms with van der Waals surface area (Å²) in [4.78, 5) is 63.5. The average molecular weight is 1600 g/mol. The van der Waals surface area contributed by atoms with E-state index in [0.29, 0.717) is 82.0 Å². The number of aryl methyl sites for hydroxylation is 2. The summed E-state index contributed by atoms with van der Waals surface area (Å²) in [5, 5.41) is 24.4. The van der Waals surface area contributed by atoms with Gasteiger partial charge in [0.2, 0.25) is 0 Å². The number of ether oxygens (including phenoxy) is 2. The molecule has 516 valence electrons. The first-order chi connectivity index (χ1) is 48.3. The molecule has 0 aliphatic heterocycles. The second kappa shape index (κ2) is 42.3. The summed E-state index contributed by atoms with van der Waals surface area (Å²) in [6, 6.07) is 72.7. The maximum atomic E-state index is 12.8. The number of nitrogens with zero attached hydrogens (tertiary/aromatic N) is 6. The lowest BCUT2D eigenvalue weighted by Gasteiger charge is -2.12. The summed E-state index contributed by atoms with van der Waals surface area (Å²) in [7, 11) is 3.16. The zero-order chi connectivity index (χ0) is 71.8. The highest BCUT2D eigenvalue weighted by Gasteiger charge is 2.17. The SMILES string of the molecule is BrB(Br)Br.C.COc1ccc(C(=O)Cl)cc1.COc1ccc(C(=O)Nc2ncc(-c3ccc(C)cc3)nc2Cc2ccccc2)cc1.Cc1ccc(-c2cnc(N)c(Cc3ccccc3)n2)cc1.ClCCl.O=C(Nc1ncc(-c2ccc(O)cc2)nc1Cc1ccccc1)c1ccc(O)cc1. The van der Waals surface area contributed by atoms with Gasteiger partial charge in [-0.3, -0.25) is 14.4 Å². The van der Waals surface area contributed by atoms with Crippen molar-refractivity contribution < 1.29 is 34.1 Å². The first kappa shape index (κ1) is 80.2. The number of hydrogen-bond donors (Lipinski definition) is 5. The van der Waals surface area contributed by atoms with Crippen molar-refractivity contribution >= 4 is 120 Å². The van der Waals surface area contributed by atoms with E-state index in [9.17, 15) is 24.6 Å². The second-order valence-electron chi connectivity index (χ2n) is 21.5. The number of nitrogens with one attached hydrogen (secondary N) is 2. The van der Waals surface area contributed by atoms with Crippen LogP contribution in [0.15, 0.2) is 255 Å². The number of nitrogens with two attached hydrogens (primary N) is 1. The van der Waals surface area contributed by atoms with Crippen molar-refractivity contribution in [3.8, 4) is 56.8 Å². The highest BCUT2D eigenvalue weighted by atomic mass is 79.9. The molecule has 3 heterocycles. The molecule has 0 saturated carbocycles. The van der Waals surface area contributed by atoms with Crippen LogP contribution >= 0.6 is 82.1 Å². The lowest BCUT2D eigenvalue weighted by atomic mass is 10.1. The van der Waals surface area contributed by atoms with Crippen LogP contribution in [0.25, 0.3) is 33.8 Å². The predicted molar refractivity (Wildman–Crippen MR) is 422 cm³/mol. The summed E-state index contributed by atoms with van der Waals surface area (Å²) in [6.07, 6.45) is 6.76. The normalized spacial score (nSPS) is 10.0. The molecule has 0 atom stereocenters. The number of aromatic nitrogens is 6. The quantitative estimate of drug-likeness (QED) is 0.0344. The number of nitrogen functional groups attached to an aromatic ring is 1. The van der Waals surface area contributed by atoms with E-state index in [4.69, 9.17) is 60.0 Å². The van der Waals surface area contributed by atoms with E-state index in [1.165, 1.54) is 28.8 Å². The molecule has 16 nitrogen and oxygen atoms in total. The molecular weight excluding hydrogens is 1530 g/mol. The van der Waals surface area contributed by atoms with Gasteiger partial charge in [0, 0.05) is 52.6 Å². The number of carbonyl (C=O) groups is 3. The van der Waals surface area contributed by atoms with Crippen LogP contribution in [-0.2, 0) is 19.3 Å². The summed E-state index contributed by atoms with van der Waals surface area (Å²) >= 11 is 24.1. The number of alkyl halides is 2. The number of amides is 2. The Labute approximate surface area is 628 Å². The maximum Gasteiger partial charge on any atom is 0.369 e. The lowest BCUT2D eigenvalue weighted by molar-refractivity contribution is 0.101. The average Bonchev–Trinajstić information content (AvgIpc) is 0.811. The first-order valence-corrected chi connectivity index (χ1v) is 34.8. The second-order valence-corrected chi connectivity index (χ2v) is 29.1. The van der Waals surface area contributed by atoms with Gasteiger partial charge in [-0.1, -0.05) is 158 Å². The lowest BCUT2D eigenvalue weighted by Crippen LogP contribution is -2.15. The number of anilines is 3. The molecule has 9 aromatic carbocycles. The van der Waals surface area contributed by atoms with Crippen LogP contribution in [0.3, 0.4) is 0 Å². The van der Waals surface area contributed by atoms with Gasteiger partial charge < -0.3 is 36.1 Å². The van der Waals surface area contributed by atoms with Crippen LogP contribution in [0.2, 0.25) is 0 Å². The summed E-state index contributed by atoms with van der Waals surface area (Å²) < 4.78 is 10.3. The molecule has 0 fully saturated rings. The number of carbonyl (C=O) groups excluding carboxylic acids is 3. The molecule has 3 aromatic heterocycles. The molecule has 6 N–H and O–H groups in total. The Bertz CT molecular complexity index is 4510. The fraction of sp³-hybridized carbons (Fsp3) is 0.115. The van der Waals surface area contributed by atoms with Gasteiger partial charge in [-0.2, -0.15) is 0 Å². The molecular formula is C78H72BBr3Cl3N9O7. The smallest absolute Gasteiger partial charge is 0.369 e. The highest BCUT2D eigenvalue weighted by Crippen LogP contribution is 2.27. The highest BCUT2D eigenvalue weighted by molar-refractivity contribution is 9.69. The Kier molecular flexibility index (Phi) is 33.6. The van der Waals surface area contributed by atoms with Crippen molar-refractivity contribution in [3.63, 3.8) is 0 Å². The van der Waals surface area contributed by atoms with E-state index in [1.54, 1.807) is 118 Å². The molecule has 0 saturated heterocycles. The molecule has 101 heavy (non-hydrogen) atoms. The summed E-state index contributed by atoms with van der Waals surface area (Å²) in [5.74, 6) is 2.43. The van der Waals surface area contributed by atoms with Crippen molar-refractivity contribution in [2.45, 2.75) is 40.5 Å².